The minimum Gasteiger partial charge on any atom is -0.345 e. The lowest BCUT2D eigenvalue weighted by molar-refractivity contribution is -0.147. The Morgan fingerprint density at radius 1 is 1.15 bits per heavy atom. The molecule has 3 amide bonds. The summed E-state index contributed by atoms with van der Waals surface area (Å²) in [5, 5.41) is 5.96. The van der Waals surface area contributed by atoms with Crippen LogP contribution in [-0.2, 0) is 14.4 Å². The average molecular weight is 444 g/mol. The van der Waals surface area contributed by atoms with Crippen molar-refractivity contribution in [2.24, 2.45) is 0 Å². The molecule has 1 aliphatic carbocycles. The van der Waals surface area contributed by atoms with Crippen molar-refractivity contribution in [3.05, 3.63) is 27.7 Å². The van der Waals surface area contributed by atoms with Gasteiger partial charge in [0.05, 0.1) is 17.3 Å². The van der Waals surface area contributed by atoms with E-state index in [-0.39, 0.29) is 18.5 Å². The highest BCUT2D eigenvalue weighted by atomic mass is 79.9. The summed E-state index contributed by atoms with van der Waals surface area (Å²) in [6.45, 7) is 2.17. The molecule has 1 heterocycles. The van der Waals surface area contributed by atoms with Gasteiger partial charge in [0.2, 0.25) is 5.91 Å². The molecule has 0 spiro atoms. The Bertz CT molecular complexity index is 718. The Kier molecular flexibility index (Phi) is 6.16. The van der Waals surface area contributed by atoms with Gasteiger partial charge < -0.3 is 15.5 Å². The summed E-state index contributed by atoms with van der Waals surface area (Å²) in [6, 6.07) is 5.42. The van der Waals surface area contributed by atoms with E-state index in [0.717, 1.165) is 17.3 Å². The van der Waals surface area contributed by atoms with E-state index in [1.54, 1.807) is 18.2 Å². The van der Waals surface area contributed by atoms with Crippen LogP contribution in [0.25, 0.3) is 0 Å². The minimum atomic E-state index is -0.524. The van der Waals surface area contributed by atoms with Crippen molar-refractivity contribution in [2.45, 2.75) is 18.9 Å². The fraction of sp³-hybridized carbons (Fsp3) is 0.471. The number of carbonyl (C=O) groups is 3. The summed E-state index contributed by atoms with van der Waals surface area (Å²) in [5.41, 5.74) is 0.561. The molecule has 0 atom stereocenters. The summed E-state index contributed by atoms with van der Waals surface area (Å²) >= 11 is 9.42. The molecule has 1 saturated heterocycles. The van der Waals surface area contributed by atoms with E-state index < -0.39 is 11.8 Å². The number of nitrogens with one attached hydrogen (secondary N) is 2. The Labute approximate surface area is 165 Å². The van der Waals surface area contributed by atoms with Crippen LogP contribution in [0.4, 0.5) is 5.69 Å². The Balaban J connectivity index is 1.43. The number of rotatable bonds is 4. The minimum absolute atomic E-state index is 0.166. The van der Waals surface area contributed by atoms with E-state index in [4.69, 9.17) is 11.6 Å². The van der Waals surface area contributed by atoms with Crippen LogP contribution in [0.5, 0.6) is 0 Å². The Morgan fingerprint density at radius 2 is 1.85 bits per heavy atom. The van der Waals surface area contributed by atoms with Crippen molar-refractivity contribution in [3.8, 4) is 0 Å². The number of hydrogen-bond acceptors (Lipinski definition) is 4. The molecular weight excluding hydrogens is 424 g/mol. The first-order valence-corrected chi connectivity index (χ1v) is 9.66. The van der Waals surface area contributed by atoms with Crippen LogP contribution in [0, 0.1) is 0 Å². The molecule has 0 unspecified atom stereocenters. The van der Waals surface area contributed by atoms with Crippen molar-refractivity contribution in [3.63, 3.8) is 0 Å². The average Bonchev–Trinajstić information content (AvgIpc) is 3.41. The molecule has 26 heavy (non-hydrogen) atoms. The molecule has 7 nitrogen and oxygen atoms in total. The standard InChI is InChI=1S/C17H20BrClN4O3/c18-11-1-4-14(13(19)9-11)21-15(24)10-22-5-7-23(8-6-22)17(26)16(25)20-12-2-3-12/h1,4,9,12H,2-3,5-8,10H2,(H,20,25)(H,21,24). The van der Waals surface area contributed by atoms with Gasteiger partial charge in [-0.3, -0.25) is 19.3 Å². The third kappa shape index (κ3) is 5.18. The first-order valence-electron chi connectivity index (χ1n) is 8.49. The zero-order valence-electron chi connectivity index (χ0n) is 14.1. The van der Waals surface area contributed by atoms with Gasteiger partial charge in [-0.05, 0) is 31.0 Å². The van der Waals surface area contributed by atoms with Crippen LogP contribution in [0.2, 0.25) is 5.02 Å². The van der Waals surface area contributed by atoms with Crippen molar-refractivity contribution in [1.29, 1.82) is 0 Å². The highest BCUT2D eigenvalue weighted by Crippen LogP contribution is 2.25. The van der Waals surface area contributed by atoms with E-state index in [2.05, 4.69) is 26.6 Å². The van der Waals surface area contributed by atoms with Crippen molar-refractivity contribution < 1.29 is 14.4 Å². The number of carbonyl (C=O) groups excluding carboxylic acids is 3. The van der Waals surface area contributed by atoms with Crippen LogP contribution in [-0.4, -0.2) is 66.3 Å². The molecule has 3 rings (SSSR count). The number of benzene rings is 1. The van der Waals surface area contributed by atoms with Crippen LogP contribution in [0.1, 0.15) is 12.8 Å². The normalized spacial score (nSPS) is 17.7. The maximum absolute atomic E-state index is 12.2. The summed E-state index contributed by atoms with van der Waals surface area (Å²) in [6.07, 6.45) is 1.90. The molecule has 1 saturated carbocycles. The molecule has 2 aliphatic rings. The highest BCUT2D eigenvalue weighted by Gasteiger charge is 2.30. The Morgan fingerprint density at radius 3 is 2.46 bits per heavy atom. The summed E-state index contributed by atoms with van der Waals surface area (Å²) in [7, 11) is 0. The van der Waals surface area contributed by atoms with Gasteiger partial charge in [-0.1, -0.05) is 27.5 Å². The highest BCUT2D eigenvalue weighted by molar-refractivity contribution is 9.10. The lowest BCUT2D eigenvalue weighted by Crippen LogP contribution is -2.53. The molecular formula is C17H20BrClN4O3. The lowest BCUT2D eigenvalue weighted by atomic mass is 10.3. The van der Waals surface area contributed by atoms with Gasteiger partial charge in [0.15, 0.2) is 0 Å². The molecule has 1 aromatic carbocycles. The van der Waals surface area contributed by atoms with E-state index in [1.807, 2.05) is 4.90 Å². The number of anilines is 1. The smallest absolute Gasteiger partial charge is 0.311 e. The van der Waals surface area contributed by atoms with Gasteiger partial charge in [0.1, 0.15) is 0 Å². The number of halogens is 2. The predicted octanol–water partition coefficient (Wildman–Crippen LogP) is 1.46. The van der Waals surface area contributed by atoms with Gasteiger partial charge in [-0.15, -0.1) is 0 Å². The first kappa shape index (κ1) is 19.1. The molecule has 2 fully saturated rings. The van der Waals surface area contributed by atoms with Crippen molar-refractivity contribution >= 4 is 50.9 Å². The molecule has 1 aliphatic heterocycles. The van der Waals surface area contributed by atoms with Crippen LogP contribution >= 0.6 is 27.5 Å². The van der Waals surface area contributed by atoms with Crippen LogP contribution < -0.4 is 10.6 Å². The third-order valence-corrected chi connectivity index (χ3v) is 5.14. The third-order valence-electron chi connectivity index (χ3n) is 4.34. The van der Waals surface area contributed by atoms with Crippen LogP contribution in [0.3, 0.4) is 0 Å². The molecule has 0 bridgehead atoms. The van der Waals surface area contributed by atoms with Gasteiger partial charge >= 0.3 is 11.8 Å². The topological polar surface area (TPSA) is 81.8 Å². The molecule has 9 heteroatoms. The number of nitrogens with zero attached hydrogens (tertiary/aromatic N) is 2. The zero-order valence-corrected chi connectivity index (χ0v) is 16.5. The molecule has 1 aromatic rings. The lowest BCUT2D eigenvalue weighted by Gasteiger charge is -2.33. The largest absolute Gasteiger partial charge is 0.345 e. The van der Waals surface area contributed by atoms with Gasteiger partial charge in [0.25, 0.3) is 0 Å². The van der Waals surface area contributed by atoms with Gasteiger partial charge in [0, 0.05) is 36.7 Å². The van der Waals surface area contributed by atoms with Crippen LogP contribution in [0.15, 0.2) is 22.7 Å². The van der Waals surface area contributed by atoms with E-state index in [9.17, 15) is 14.4 Å². The maximum Gasteiger partial charge on any atom is 0.311 e. The predicted molar refractivity (Wildman–Crippen MR) is 102 cm³/mol. The second-order valence-electron chi connectivity index (χ2n) is 6.49. The fourth-order valence-electron chi connectivity index (χ4n) is 2.71. The maximum atomic E-state index is 12.2. The summed E-state index contributed by atoms with van der Waals surface area (Å²) in [4.78, 5) is 39.6. The van der Waals surface area contributed by atoms with E-state index >= 15 is 0 Å². The van der Waals surface area contributed by atoms with Gasteiger partial charge in [-0.25, -0.2) is 0 Å². The molecule has 0 radical (unpaired) electrons. The van der Waals surface area contributed by atoms with E-state index in [1.165, 1.54) is 4.90 Å². The summed E-state index contributed by atoms with van der Waals surface area (Å²) < 4.78 is 0.840. The Hall–Kier alpha value is -1.64. The number of hydrogen-bond donors (Lipinski definition) is 2. The monoisotopic (exact) mass is 442 g/mol. The SMILES string of the molecule is O=C(CN1CCN(C(=O)C(=O)NC2CC2)CC1)Nc1ccc(Br)cc1Cl. The molecule has 0 aromatic heterocycles. The summed E-state index contributed by atoms with van der Waals surface area (Å²) in [5.74, 6) is -1.17. The second kappa shape index (κ2) is 8.37. The van der Waals surface area contributed by atoms with Crippen molar-refractivity contribution in [2.75, 3.05) is 38.0 Å². The van der Waals surface area contributed by atoms with E-state index in [0.29, 0.717) is 36.9 Å². The quantitative estimate of drug-likeness (QED) is 0.691. The first-order chi connectivity index (χ1) is 12.4. The fourth-order valence-corrected chi connectivity index (χ4v) is 3.43. The molecule has 2 N–H and O–H groups in total. The number of piperazine rings is 1. The molecule has 140 valence electrons. The second-order valence-corrected chi connectivity index (χ2v) is 7.81. The number of amides is 3. The zero-order chi connectivity index (χ0) is 18.7. The van der Waals surface area contributed by atoms with Gasteiger partial charge in [-0.2, -0.15) is 0 Å². The van der Waals surface area contributed by atoms with Crippen molar-refractivity contribution in [1.82, 2.24) is 15.1 Å².